The molecule has 1 aliphatic rings. The minimum atomic E-state index is 0.256. The molecule has 1 aromatic heterocycles. The van der Waals surface area contributed by atoms with E-state index in [2.05, 4.69) is 25.7 Å². The molecule has 2 aromatic rings. The quantitative estimate of drug-likeness (QED) is 0.505. The van der Waals surface area contributed by atoms with Crippen molar-refractivity contribution in [3.63, 3.8) is 0 Å². The Labute approximate surface area is 171 Å². The Morgan fingerprint density at radius 2 is 2.07 bits per heavy atom. The van der Waals surface area contributed by atoms with Crippen molar-refractivity contribution in [1.29, 1.82) is 0 Å². The van der Waals surface area contributed by atoms with Crippen LogP contribution in [0.25, 0.3) is 0 Å². The zero-order valence-electron chi connectivity index (χ0n) is 17.6. The van der Waals surface area contributed by atoms with Gasteiger partial charge in [0, 0.05) is 33.2 Å². The molecular formula is C20H30N6O3. The molecule has 0 saturated carbocycles. The van der Waals surface area contributed by atoms with E-state index in [4.69, 9.17) is 14.2 Å². The second-order valence-electron chi connectivity index (χ2n) is 6.88. The summed E-state index contributed by atoms with van der Waals surface area (Å²) in [5.74, 6) is 4.02. The Kier molecular flexibility index (Phi) is 7.29. The van der Waals surface area contributed by atoms with Crippen LogP contribution in [0.3, 0.4) is 0 Å². The van der Waals surface area contributed by atoms with E-state index >= 15 is 0 Å². The molecule has 0 amide bonds. The second kappa shape index (κ2) is 10.1. The number of rotatable bonds is 8. The molecule has 29 heavy (non-hydrogen) atoms. The first-order valence-electron chi connectivity index (χ1n) is 9.76. The molecule has 1 unspecified atom stereocenters. The van der Waals surface area contributed by atoms with Crippen molar-refractivity contribution in [2.24, 2.45) is 4.99 Å². The predicted molar refractivity (Wildman–Crippen MR) is 111 cm³/mol. The molecule has 2 heterocycles. The number of fused-ring (bicyclic) bond motifs is 1. The molecule has 0 radical (unpaired) electrons. The summed E-state index contributed by atoms with van der Waals surface area (Å²) in [5, 5.41) is 11.4. The largest absolute Gasteiger partial charge is 0.493 e. The number of aromatic nitrogens is 3. The summed E-state index contributed by atoms with van der Waals surface area (Å²) in [6.45, 7) is 1.97. The number of methoxy groups -OCH3 is 3. The standard InChI is InChI=1S/C20H30N6O3/c1-21-20(22-10-9-14-5-7-16(28-3)17(11-14)29-4)23-15-6-8-19-24-18(13-27-2)25-26(19)12-15/h5,7,11,15H,6,8-10,12-13H2,1-4H3,(H2,21,22,23). The molecule has 0 fully saturated rings. The van der Waals surface area contributed by atoms with Crippen LogP contribution in [0.4, 0.5) is 0 Å². The van der Waals surface area contributed by atoms with Gasteiger partial charge in [-0.1, -0.05) is 6.07 Å². The molecule has 0 aliphatic carbocycles. The van der Waals surface area contributed by atoms with Gasteiger partial charge in [0.1, 0.15) is 12.4 Å². The summed E-state index contributed by atoms with van der Waals surface area (Å²) in [6, 6.07) is 6.23. The molecule has 2 N–H and O–H groups in total. The lowest BCUT2D eigenvalue weighted by molar-refractivity contribution is 0.177. The van der Waals surface area contributed by atoms with Crippen LogP contribution in [-0.4, -0.2) is 61.7 Å². The van der Waals surface area contributed by atoms with E-state index in [9.17, 15) is 0 Å². The molecule has 158 valence electrons. The summed E-state index contributed by atoms with van der Waals surface area (Å²) in [5.41, 5.74) is 1.17. The van der Waals surface area contributed by atoms with Crippen molar-refractivity contribution < 1.29 is 14.2 Å². The Bertz CT molecular complexity index is 836. The van der Waals surface area contributed by atoms with Crippen LogP contribution < -0.4 is 20.1 Å². The van der Waals surface area contributed by atoms with E-state index in [0.717, 1.165) is 61.5 Å². The zero-order valence-corrected chi connectivity index (χ0v) is 17.6. The molecule has 1 atom stereocenters. The van der Waals surface area contributed by atoms with Gasteiger partial charge < -0.3 is 24.8 Å². The molecule has 0 saturated heterocycles. The number of aryl methyl sites for hydroxylation is 1. The zero-order chi connectivity index (χ0) is 20.6. The lowest BCUT2D eigenvalue weighted by Crippen LogP contribution is -2.47. The fourth-order valence-corrected chi connectivity index (χ4v) is 3.42. The number of hydrogen-bond donors (Lipinski definition) is 2. The van der Waals surface area contributed by atoms with Crippen molar-refractivity contribution in [2.45, 2.75) is 38.5 Å². The minimum absolute atomic E-state index is 0.256. The summed E-state index contributed by atoms with van der Waals surface area (Å²) in [4.78, 5) is 8.87. The monoisotopic (exact) mass is 402 g/mol. The maximum absolute atomic E-state index is 5.37. The number of aliphatic imine (C=N–C) groups is 1. The summed E-state index contributed by atoms with van der Waals surface area (Å²) in [7, 11) is 6.73. The smallest absolute Gasteiger partial charge is 0.191 e. The highest BCUT2D eigenvalue weighted by Gasteiger charge is 2.22. The van der Waals surface area contributed by atoms with Crippen LogP contribution in [0.1, 0.15) is 23.6 Å². The fourth-order valence-electron chi connectivity index (χ4n) is 3.42. The van der Waals surface area contributed by atoms with Gasteiger partial charge in [0.25, 0.3) is 0 Å². The molecule has 9 nitrogen and oxygen atoms in total. The lowest BCUT2D eigenvalue weighted by Gasteiger charge is -2.25. The first kappa shape index (κ1) is 20.9. The molecule has 1 aliphatic heterocycles. The van der Waals surface area contributed by atoms with Gasteiger partial charge in [0.15, 0.2) is 23.3 Å². The van der Waals surface area contributed by atoms with Crippen LogP contribution in [0.5, 0.6) is 11.5 Å². The third-order valence-electron chi connectivity index (χ3n) is 4.89. The van der Waals surface area contributed by atoms with E-state index in [1.807, 2.05) is 22.9 Å². The van der Waals surface area contributed by atoms with E-state index < -0.39 is 0 Å². The third kappa shape index (κ3) is 5.38. The highest BCUT2D eigenvalue weighted by Crippen LogP contribution is 2.27. The number of nitrogens with zero attached hydrogens (tertiary/aromatic N) is 4. The number of hydrogen-bond acceptors (Lipinski definition) is 6. The van der Waals surface area contributed by atoms with Crippen molar-refractivity contribution in [3.8, 4) is 11.5 Å². The first-order valence-corrected chi connectivity index (χ1v) is 9.76. The van der Waals surface area contributed by atoms with Crippen molar-refractivity contribution in [1.82, 2.24) is 25.4 Å². The van der Waals surface area contributed by atoms with E-state index in [1.165, 1.54) is 5.56 Å². The SMILES string of the molecule is CN=C(NCCc1ccc(OC)c(OC)c1)NC1CCc2nc(COC)nn2C1. The van der Waals surface area contributed by atoms with Crippen molar-refractivity contribution in [2.75, 3.05) is 34.9 Å². The molecule has 1 aromatic carbocycles. The van der Waals surface area contributed by atoms with Gasteiger partial charge in [0.05, 0.1) is 20.8 Å². The van der Waals surface area contributed by atoms with Crippen LogP contribution in [0.15, 0.2) is 23.2 Å². The molecular weight excluding hydrogens is 372 g/mol. The average Bonchev–Trinajstić information content (AvgIpc) is 3.14. The summed E-state index contributed by atoms with van der Waals surface area (Å²) in [6.07, 6.45) is 2.72. The molecule has 0 spiro atoms. The van der Waals surface area contributed by atoms with Crippen molar-refractivity contribution >= 4 is 5.96 Å². The lowest BCUT2D eigenvalue weighted by atomic mass is 10.1. The van der Waals surface area contributed by atoms with Gasteiger partial charge in [-0.05, 0) is 30.5 Å². The van der Waals surface area contributed by atoms with E-state index in [-0.39, 0.29) is 6.04 Å². The van der Waals surface area contributed by atoms with Gasteiger partial charge in [-0.25, -0.2) is 9.67 Å². The normalized spacial score (nSPS) is 16.3. The van der Waals surface area contributed by atoms with Gasteiger partial charge in [0.2, 0.25) is 0 Å². The fraction of sp³-hybridized carbons (Fsp3) is 0.550. The van der Waals surface area contributed by atoms with Crippen LogP contribution >= 0.6 is 0 Å². The predicted octanol–water partition coefficient (Wildman–Crippen LogP) is 1.16. The first-order chi connectivity index (χ1) is 14.2. The molecule has 0 bridgehead atoms. The Morgan fingerprint density at radius 1 is 1.24 bits per heavy atom. The number of guanidine groups is 1. The van der Waals surface area contributed by atoms with Crippen LogP contribution in [0.2, 0.25) is 0 Å². The maximum Gasteiger partial charge on any atom is 0.191 e. The van der Waals surface area contributed by atoms with Crippen molar-refractivity contribution in [3.05, 3.63) is 35.4 Å². The minimum Gasteiger partial charge on any atom is -0.493 e. The highest BCUT2D eigenvalue weighted by molar-refractivity contribution is 5.79. The Morgan fingerprint density at radius 3 is 2.79 bits per heavy atom. The van der Waals surface area contributed by atoms with Crippen LogP contribution in [0, 0.1) is 0 Å². The van der Waals surface area contributed by atoms with Gasteiger partial charge in [-0.3, -0.25) is 4.99 Å². The average molecular weight is 402 g/mol. The Hall–Kier alpha value is -2.81. The number of benzene rings is 1. The highest BCUT2D eigenvalue weighted by atomic mass is 16.5. The Balaban J connectivity index is 1.50. The number of nitrogens with one attached hydrogen (secondary N) is 2. The van der Waals surface area contributed by atoms with E-state index in [1.54, 1.807) is 28.4 Å². The third-order valence-corrected chi connectivity index (χ3v) is 4.89. The maximum atomic E-state index is 5.37. The molecule has 9 heteroatoms. The number of ether oxygens (including phenoxy) is 3. The second-order valence-corrected chi connectivity index (χ2v) is 6.88. The van der Waals surface area contributed by atoms with E-state index in [0.29, 0.717) is 6.61 Å². The van der Waals surface area contributed by atoms with Gasteiger partial charge in [-0.2, -0.15) is 5.10 Å². The summed E-state index contributed by atoms with van der Waals surface area (Å²) >= 11 is 0. The molecule has 3 rings (SSSR count). The van der Waals surface area contributed by atoms with Gasteiger partial charge in [-0.15, -0.1) is 0 Å². The summed E-state index contributed by atoms with van der Waals surface area (Å²) < 4.78 is 17.7. The van der Waals surface area contributed by atoms with Crippen LogP contribution in [-0.2, 0) is 30.7 Å². The van der Waals surface area contributed by atoms with Gasteiger partial charge >= 0.3 is 0 Å². The topological polar surface area (TPSA) is 94.8 Å².